The molecule has 1 aromatic heterocycles. The van der Waals surface area contributed by atoms with E-state index in [0.29, 0.717) is 5.92 Å². The number of aromatic nitrogens is 3. The summed E-state index contributed by atoms with van der Waals surface area (Å²) in [5, 5.41) is 17.0. The van der Waals surface area contributed by atoms with Gasteiger partial charge in [0, 0.05) is 6.54 Å². The lowest BCUT2D eigenvalue weighted by molar-refractivity contribution is 0.0689. The Balaban J connectivity index is 2.04. The molecule has 5 nitrogen and oxygen atoms in total. The fourth-order valence-electron chi connectivity index (χ4n) is 2.44. The first-order valence-electron chi connectivity index (χ1n) is 7.23. The minimum absolute atomic E-state index is 0.134. The van der Waals surface area contributed by atoms with Crippen LogP contribution in [0.1, 0.15) is 62.1 Å². The SMILES string of the molecule is CC(C)CCc1c(C(=O)O)nnn1CCC1CCC1. The van der Waals surface area contributed by atoms with E-state index in [-0.39, 0.29) is 5.69 Å². The topological polar surface area (TPSA) is 68.0 Å². The molecule has 5 heteroatoms. The van der Waals surface area contributed by atoms with Crippen molar-refractivity contribution in [1.82, 2.24) is 15.0 Å². The molecular weight excluding hydrogens is 242 g/mol. The third kappa shape index (κ3) is 3.55. The second kappa shape index (κ2) is 6.17. The molecule has 1 saturated carbocycles. The standard InChI is InChI=1S/C14H23N3O2/c1-10(2)6-7-12-13(14(18)19)15-16-17(12)9-8-11-4-3-5-11/h10-11H,3-9H2,1-2H3,(H,18,19). The van der Waals surface area contributed by atoms with E-state index in [2.05, 4.69) is 24.2 Å². The number of aromatic carboxylic acids is 1. The number of aryl methyl sites for hydroxylation is 1. The molecule has 1 aliphatic rings. The van der Waals surface area contributed by atoms with E-state index >= 15 is 0 Å². The zero-order chi connectivity index (χ0) is 13.8. The van der Waals surface area contributed by atoms with Crippen LogP contribution in [0.4, 0.5) is 0 Å². The third-order valence-corrected chi connectivity index (χ3v) is 3.97. The summed E-state index contributed by atoms with van der Waals surface area (Å²) in [5.74, 6) is 0.390. The van der Waals surface area contributed by atoms with Gasteiger partial charge in [0.05, 0.1) is 5.69 Å². The Morgan fingerprint density at radius 2 is 2.21 bits per heavy atom. The summed E-state index contributed by atoms with van der Waals surface area (Å²) in [5.41, 5.74) is 0.926. The van der Waals surface area contributed by atoms with Crippen LogP contribution in [-0.4, -0.2) is 26.1 Å². The molecule has 0 aromatic carbocycles. The Bertz CT molecular complexity index is 436. The summed E-state index contributed by atoms with van der Waals surface area (Å²) in [6.07, 6.45) is 6.76. The number of hydrogen-bond acceptors (Lipinski definition) is 3. The van der Waals surface area contributed by atoms with Gasteiger partial charge >= 0.3 is 5.97 Å². The van der Waals surface area contributed by atoms with Crippen LogP contribution >= 0.6 is 0 Å². The molecule has 106 valence electrons. The van der Waals surface area contributed by atoms with Crippen molar-refractivity contribution >= 4 is 5.97 Å². The van der Waals surface area contributed by atoms with Crippen LogP contribution in [0, 0.1) is 11.8 Å². The summed E-state index contributed by atoms with van der Waals surface area (Å²) in [6.45, 7) is 5.09. The van der Waals surface area contributed by atoms with Gasteiger partial charge in [-0.05, 0) is 31.1 Å². The molecule has 1 fully saturated rings. The Kier molecular flexibility index (Phi) is 4.56. The van der Waals surface area contributed by atoms with Crippen molar-refractivity contribution in [1.29, 1.82) is 0 Å². The fourth-order valence-corrected chi connectivity index (χ4v) is 2.44. The highest BCUT2D eigenvalue weighted by molar-refractivity contribution is 5.86. The molecular formula is C14H23N3O2. The van der Waals surface area contributed by atoms with Gasteiger partial charge in [0.1, 0.15) is 0 Å². The highest BCUT2D eigenvalue weighted by atomic mass is 16.4. The Morgan fingerprint density at radius 3 is 2.74 bits per heavy atom. The van der Waals surface area contributed by atoms with Crippen LogP contribution in [-0.2, 0) is 13.0 Å². The second-order valence-corrected chi connectivity index (χ2v) is 5.93. The van der Waals surface area contributed by atoms with Crippen molar-refractivity contribution in [2.24, 2.45) is 11.8 Å². The Labute approximate surface area is 114 Å². The number of carboxylic acids is 1. The smallest absolute Gasteiger partial charge is 0.358 e. The molecule has 0 radical (unpaired) electrons. The lowest BCUT2D eigenvalue weighted by Gasteiger charge is -2.25. The molecule has 1 N–H and O–H groups in total. The first-order valence-corrected chi connectivity index (χ1v) is 7.23. The average molecular weight is 265 g/mol. The van der Waals surface area contributed by atoms with Crippen molar-refractivity contribution in [3.8, 4) is 0 Å². The fraction of sp³-hybridized carbons (Fsp3) is 0.786. The van der Waals surface area contributed by atoms with E-state index in [1.807, 2.05) is 4.68 Å². The van der Waals surface area contributed by atoms with Crippen LogP contribution in [0.2, 0.25) is 0 Å². The Hall–Kier alpha value is -1.39. The minimum Gasteiger partial charge on any atom is -0.476 e. The van der Waals surface area contributed by atoms with Gasteiger partial charge < -0.3 is 5.11 Å². The number of hydrogen-bond donors (Lipinski definition) is 1. The molecule has 19 heavy (non-hydrogen) atoms. The van der Waals surface area contributed by atoms with E-state index in [9.17, 15) is 4.79 Å². The van der Waals surface area contributed by atoms with Crippen molar-refractivity contribution in [3.05, 3.63) is 11.4 Å². The van der Waals surface area contributed by atoms with E-state index in [1.54, 1.807) is 0 Å². The highest BCUT2D eigenvalue weighted by Crippen LogP contribution is 2.29. The van der Waals surface area contributed by atoms with Crippen molar-refractivity contribution in [3.63, 3.8) is 0 Å². The van der Waals surface area contributed by atoms with Gasteiger partial charge in [0.15, 0.2) is 5.69 Å². The maximum atomic E-state index is 11.2. The summed E-state index contributed by atoms with van der Waals surface area (Å²) in [4.78, 5) is 11.2. The van der Waals surface area contributed by atoms with Crippen molar-refractivity contribution in [2.45, 2.75) is 58.9 Å². The van der Waals surface area contributed by atoms with E-state index in [0.717, 1.165) is 37.4 Å². The van der Waals surface area contributed by atoms with Gasteiger partial charge in [0.25, 0.3) is 0 Å². The maximum Gasteiger partial charge on any atom is 0.358 e. The van der Waals surface area contributed by atoms with E-state index < -0.39 is 5.97 Å². The molecule has 0 amide bonds. The monoisotopic (exact) mass is 265 g/mol. The van der Waals surface area contributed by atoms with Crippen LogP contribution in [0.25, 0.3) is 0 Å². The maximum absolute atomic E-state index is 11.2. The normalized spacial score (nSPS) is 15.7. The van der Waals surface area contributed by atoms with Crippen LogP contribution in [0.5, 0.6) is 0 Å². The zero-order valence-corrected chi connectivity index (χ0v) is 11.8. The van der Waals surface area contributed by atoms with Gasteiger partial charge in [-0.3, -0.25) is 0 Å². The van der Waals surface area contributed by atoms with Crippen LogP contribution < -0.4 is 0 Å². The number of nitrogens with zero attached hydrogens (tertiary/aromatic N) is 3. The molecule has 2 rings (SSSR count). The lowest BCUT2D eigenvalue weighted by Crippen LogP contribution is -2.16. The predicted molar refractivity (Wildman–Crippen MR) is 72.1 cm³/mol. The van der Waals surface area contributed by atoms with Gasteiger partial charge in [-0.25, -0.2) is 9.48 Å². The predicted octanol–water partition coefficient (Wildman–Crippen LogP) is 2.76. The summed E-state index contributed by atoms with van der Waals surface area (Å²) in [6, 6.07) is 0. The van der Waals surface area contributed by atoms with Crippen LogP contribution in [0.3, 0.4) is 0 Å². The van der Waals surface area contributed by atoms with Crippen LogP contribution in [0.15, 0.2) is 0 Å². The molecule has 1 aliphatic carbocycles. The van der Waals surface area contributed by atoms with Crippen molar-refractivity contribution < 1.29 is 9.90 Å². The second-order valence-electron chi connectivity index (χ2n) is 5.93. The third-order valence-electron chi connectivity index (χ3n) is 3.97. The van der Waals surface area contributed by atoms with Gasteiger partial charge in [-0.1, -0.05) is 38.3 Å². The quantitative estimate of drug-likeness (QED) is 0.823. The lowest BCUT2D eigenvalue weighted by atomic mass is 9.83. The minimum atomic E-state index is -0.964. The van der Waals surface area contributed by atoms with Gasteiger partial charge in [-0.15, -0.1) is 5.10 Å². The first-order chi connectivity index (χ1) is 9.08. The first kappa shape index (κ1) is 14.0. The zero-order valence-electron chi connectivity index (χ0n) is 11.8. The molecule has 0 saturated heterocycles. The van der Waals surface area contributed by atoms with E-state index in [1.165, 1.54) is 19.3 Å². The molecule has 0 spiro atoms. The van der Waals surface area contributed by atoms with Crippen molar-refractivity contribution in [2.75, 3.05) is 0 Å². The average Bonchev–Trinajstić information content (AvgIpc) is 2.67. The molecule has 0 bridgehead atoms. The molecule has 0 unspecified atom stereocenters. The van der Waals surface area contributed by atoms with Gasteiger partial charge in [0.2, 0.25) is 0 Å². The summed E-state index contributed by atoms with van der Waals surface area (Å²) < 4.78 is 1.81. The number of carbonyl (C=O) groups is 1. The number of rotatable bonds is 7. The summed E-state index contributed by atoms with van der Waals surface area (Å²) in [7, 11) is 0. The largest absolute Gasteiger partial charge is 0.476 e. The molecule has 0 aliphatic heterocycles. The highest BCUT2D eigenvalue weighted by Gasteiger charge is 2.21. The Morgan fingerprint density at radius 1 is 1.47 bits per heavy atom. The van der Waals surface area contributed by atoms with E-state index in [4.69, 9.17) is 5.11 Å². The molecule has 1 aromatic rings. The molecule has 0 atom stereocenters. The number of carboxylic acid groups (broad SMARTS) is 1. The molecule has 1 heterocycles. The summed E-state index contributed by atoms with van der Waals surface area (Å²) >= 11 is 0. The van der Waals surface area contributed by atoms with Gasteiger partial charge in [-0.2, -0.15) is 0 Å².